The van der Waals surface area contributed by atoms with Crippen LogP contribution in [0.3, 0.4) is 0 Å². The van der Waals surface area contributed by atoms with Crippen LogP contribution >= 0.6 is 0 Å². The zero-order valence-electron chi connectivity index (χ0n) is 23.8. The van der Waals surface area contributed by atoms with Crippen LogP contribution in [0.4, 0.5) is 0 Å². The molecule has 3 aromatic rings. The van der Waals surface area contributed by atoms with Crippen LogP contribution in [0.2, 0.25) is 0 Å². The fourth-order valence-electron chi connectivity index (χ4n) is 6.11. The summed E-state index contributed by atoms with van der Waals surface area (Å²) in [6, 6.07) is 23.6. The van der Waals surface area contributed by atoms with Gasteiger partial charge in [0.25, 0.3) is 5.91 Å². The summed E-state index contributed by atoms with van der Waals surface area (Å²) in [6.07, 6.45) is 1.40. The third-order valence-corrected chi connectivity index (χ3v) is 8.40. The zero-order chi connectivity index (χ0) is 29.1. The Bertz CT molecular complexity index is 1440. The molecule has 0 radical (unpaired) electrons. The van der Waals surface area contributed by atoms with Gasteiger partial charge < -0.3 is 19.7 Å². The molecule has 0 aromatic heterocycles. The average Bonchev–Trinajstić information content (AvgIpc) is 3.32. The van der Waals surface area contributed by atoms with Crippen LogP contribution in [0.1, 0.15) is 46.3 Å². The predicted molar refractivity (Wildman–Crippen MR) is 157 cm³/mol. The van der Waals surface area contributed by atoms with Gasteiger partial charge in [0.05, 0.1) is 7.11 Å². The number of benzene rings is 3. The molecular weight excluding hydrogens is 532 g/mol. The molecule has 0 saturated carbocycles. The number of likely N-dealkylation sites (tertiary alicyclic amines) is 1. The van der Waals surface area contributed by atoms with Gasteiger partial charge in [-0.05, 0) is 59.9 Å². The molecule has 3 aromatic carbocycles. The maximum atomic E-state index is 13.1. The van der Waals surface area contributed by atoms with Gasteiger partial charge in [-0.1, -0.05) is 42.5 Å². The summed E-state index contributed by atoms with van der Waals surface area (Å²) >= 11 is 0. The minimum atomic E-state index is -0.636. The number of hydrogen-bond donors (Lipinski definition) is 2. The van der Waals surface area contributed by atoms with E-state index in [9.17, 15) is 14.4 Å². The number of carbonyl (C=O) groups excluding carboxylic acids is 3. The minimum absolute atomic E-state index is 0.109. The van der Waals surface area contributed by atoms with Crippen LogP contribution in [-0.2, 0) is 29.2 Å². The zero-order valence-corrected chi connectivity index (χ0v) is 23.8. The van der Waals surface area contributed by atoms with Crippen LogP contribution in [0.15, 0.2) is 72.8 Å². The van der Waals surface area contributed by atoms with Crippen molar-refractivity contribution in [3.8, 4) is 11.5 Å². The van der Waals surface area contributed by atoms with Gasteiger partial charge >= 0.3 is 0 Å². The lowest BCUT2D eigenvalue weighted by Gasteiger charge is -2.39. The number of rotatable bonds is 9. The predicted octanol–water partition coefficient (Wildman–Crippen LogP) is 3.27. The second-order valence-corrected chi connectivity index (χ2v) is 11.2. The monoisotopic (exact) mass is 568 g/mol. The van der Waals surface area contributed by atoms with Gasteiger partial charge in [-0.15, -0.1) is 0 Å². The summed E-state index contributed by atoms with van der Waals surface area (Å²) in [5.74, 6) is 0.664. The summed E-state index contributed by atoms with van der Waals surface area (Å²) < 4.78 is 12.0. The third kappa shape index (κ3) is 6.17. The highest BCUT2D eigenvalue weighted by Gasteiger charge is 2.39. The molecule has 3 aliphatic rings. The first-order valence-corrected chi connectivity index (χ1v) is 14.5. The van der Waals surface area contributed by atoms with Crippen molar-refractivity contribution < 1.29 is 23.9 Å². The number of piperidine rings is 2. The Morgan fingerprint density at radius 3 is 2.48 bits per heavy atom. The molecule has 218 valence electrons. The van der Waals surface area contributed by atoms with Gasteiger partial charge in [0, 0.05) is 50.7 Å². The second kappa shape index (κ2) is 12.3. The first-order chi connectivity index (χ1) is 20.5. The summed E-state index contributed by atoms with van der Waals surface area (Å²) in [7, 11) is 1.67. The van der Waals surface area contributed by atoms with Gasteiger partial charge in [0.1, 0.15) is 23.6 Å². The van der Waals surface area contributed by atoms with Gasteiger partial charge in [-0.3, -0.25) is 24.6 Å². The van der Waals surface area contributed by atoms with Crippen LogP contribution in [0.5, 0.6) is 11.5 Å². The Balaban J connectivity index is 1.16. The Kier molecular flexibility index (Phi) is 8.21. The molecule has 2 fully saturated rings. The number of carbonyl (C=O) groups is 3. The van der Waals surface area contributed by atoms with Gasteiger partial charge in [-0.25, -0.2) is 0 Å². The summed E-state index contributed by atoms with van der Waals surface area (Å²) in [5, 5.41) is 6.08. The maximum Gasteiger partial charge on any atom is 0.255 e. The smallest absolute Gasteiger partial charge is 0.255 e. The van der Waals surface area contributed by atoms with E-state index in [-0.39, 0.29) is 30.4 Å². The van der Waals surface area contributed by atoms with Crippen LogP contribution in [0.25, 0.3) is 0 Å². The number of amides is 3. The van der Waals surface area contributed by atoms with E-state index < -0.39 is 11.9 Å². The lowest BCUT2D eigenvalue weighted by molar-refractivity contribution is -0.136. The lowest BCUT2D eigenvalue weighted by Crippen LogP contribution is -2.54. The Hall–Kier alpha value is -4.21. The van der Waals surface area contributed by atoms with Crippen molar-refractivity contribution in [2.75, 3.05) is 20.2 Å². The molecule has 6 rings (SSSR count). The van der Waals surface area contributed by atoms with Crippen LogP contribution < -0.4 is 20.1 Å². The topological polar surface area (TPSA) is 100 Å². The minimum Gasteiger partial charge on any atom is -0.497 e. The standard InChI is InChI=1S/C33H36N4O5/c1-41-25-9-7-23(8-10-25)19-36-16-15-28(34-18-22-5-3-2-4-6-22)30(21-36)42-26-11-12-27-24(17-26)20-37(33(27)40)29-13-14-31(38)35-32(29)39/h2-12,17,28-30,34H,13-16,18-21H2,1H3,(H,35,38,39)/t28-,29?,30-/m0/s1. The fourth-order valence-corrected chi connectivity index (χ4v) is 6.11. The van der Waals surface area contributed by atoms with E-state index in [1.807, 2.05) is 42.5 Å². The number of imide groups is 1. The number of methoxy groups -OCH3 is 1. The molecule has 3 atom stereocenters. The van der Waals surface area contributed by atoms with E-state index in [1.54, 1.807) is 18.1 Å². The molecule has 0 bridgehead atoms. The molecule has 1 unspecified atom stereocenters. The van der Waals surface area contributed by atoms with Gasteiger partial charge in [0.15, 0.2) is 0 Å². The van der Waals surface area contributed by atoms with E-state index in [0.717, 1.165) is 43.9 Å². The van der Waals surface area contributed by atoms with Crippen LogP contribution in [0, 0.1) is 0 Å². The molecule has 2 N–H and O–H groups in total. The quantitative estimate of drug-likeness (QED) is 0.382. The third-order valence-electron chi connectivity index (χ3n) is 8.40. The van der Waals surface area contributed by atoms with Crippen molar-refractivity contribution in [1.29, 1.82) is 0 Å². The first kappa shape index (κ1) is 27.9. The fraction of sp³-hybridized carbons (Fsp3) is 0.364. The highest BCUT2D eigenvalue weighted by atomic mass is 16.5. The lowest BCUT2D eigenvalue weighted by atomic mass is 10.00. The molecular formula is C33H36N4O5. The molecule has 2 saturated heterocycles. The van der Waals surface area contributed by atoms with E-state index >= 15 is 0 Å². The molecule has 42 heavy (non-hydrogen) atoms. The van der Waals surface area contributed by atoms with Gasteiger partial charge in [0.2, 0.25) is 11.8 Å². The Morgan fingerprint density at radius 2 is 1.71 bits per heavy atom. The van der Waals surface area contributed by atoms with E-state index in [0.29, 0.717) is 24.3 Å². The molecule has 9 heteroatoms. The number of nitrogens with zero attached hydrogens (tertiary/aromatic N) is 2. The SMILES string of the molecule is COc1ccc(CN2CC[C@H](NCc3ccccc3)[C@@H](Oc3ccc4c(c3)CN(C3CCC(=O)NC3=O)C4=O)C2)cc1. The number of fused-ring (bicyclic) bond motifs is 1. The average molecular weight is 569 g/mol. The van der Waals surface area contributed by atoms with E-state index in [2.05, 4.69) is 39.8 Å². The highest BCUT2D eigenvalue weighted by Crippen LogP contribution is 2.31. The first-order valence-electron chi connectivity index (χ1n) is 14.5. The molecule has 0 spiro atoms. The normalized spacial score (nSPS) is 22.5. The largest absolute Gasteiger partial charge is 0.497 e. The number of hydrogen-bond acceptors (Lipinski definition) is 7. The molecule has 0 aliphatic carbocycles. The van der Waals surface area contributed by atoms with Crippen molar-refractivity contribution in [1.82, 2.24) is 20.4 Å². The van der Waals surface area contributed by atoms with Crippen molar-refractivity contribution in [2.24, 2.45) is 0 Å². The van der Waals surface area contributed by atoms with E-state index in [1.165, 1.54) is 11.1 Å². The molecule has 3 aliphatic heterocycles. The van der Waals surface area contributed by atoms with Crippen molar-refractivity contribution in [3.63, 3.8) is 0 Å². The summed E-state index contributed by atoms with van der Waals surface area (Å²) in [6.45, 7) is 3.58. The van der Waals surface area contributed by atoms with Crippen LogP contribution in [-0.4, -0.2) is 65.9 Å². The Morgan fingerprint density at radius 1 is 0.929 bits per heavy atom. The number of ether oxygens (including phenoxy) is 2. The van der Waals surface area contributed by atoms with Crippen molar-refractivity contribution in [3.05, 3.63) is 95.1 Å². The number of nitrogens with one attached hydrogen (secondary N) is 2. The molecule has 3 heterocycles. The van der Waals surface area contributed by atoms with Crippen molar-refractivity contribution in [2.45, 2.75) is 57.1 Å². The van der Waals surface area contributed by atoms with Gasteiger partial charge in [-0.2, -0.15) is 0 Å². The highest BCUT2D eigenvalue weighted by molar-refractivity contribution is 6.05. The Labute approximate surface area is 245 Å². The summed E-state index contributed by atoms with van der Waals surface area (Å²) in [4.78, 5) is 41.2. The summed E-state index contributed by atoms with van der Waals surface area (Å²) in [5.41, 5.74) is 3.86. The van der Waals surface area contributed by atoms with E-state index in [4.69, 9.17) is 9.47 Å². The molecule has 3 amide bonds. The molecule has 9 nitrogen and oxygen atoms in total. The maximum absolute atomic E-state index is 13.1. The van der Waals surface area contributed by atoms with Crippen molar-refractivity contribution >= 4 is 17.7 Å². The second-order valence-electron chi connectivity index (χ2n) is 11.2.